The predicted molar refractivity (Wildman–Crippen MR) is 193 cm³/mol. The predicted octanol–water partition coefficient (Wildman–Crippen LogP) is 10.1. The standard InChI is InChI=1S/2C15H31NS2.Mo.2S/c2*1-3-5-7-9-11-13-16(15(17)18)14-12-10-8-6-4-2;;;/h2*3-14H2,1-2H3,(H,17,18);;;/q;;+6;2*-2/p-2. The zero-order chi connectivity index (χ0) is 27.3. The average molecular weight is 737 g/mol. The van der Waals surface area contributed by atoms with Gasteiger partial charge in [-0.1, -0.05) is 139 Å². The van der Waals surface area contributed by atoms with Gasteiger partial charge >= 0.3 is 21.1 Å². The third kappa shape index (κ3) is 39.6. The third-order valence-corrected chi connectivity index (χ3v) is 7.68. The van der Waals surface area contributed by atoms with Gasteiger partial charge in [-0.25, -0.2) is 0 Å². The summed E-state index contributed by atoms with van der Waals surface area (Å²) >= 11 is 20.6. The normalized spacial score (nSPS) is 9.74. The van der Waals surface area contributed by atoms with Crippen LogP contribution < -0.4 is 0 Å². The molecule has 0 aromatic heterocycles. The summed E-state index contributed by atoms with van der Waals surface area (Å²) in [7, 11) is 0. The molecule has 0 unspecified atom stereocenters. The smallest absolute Gasteiger partial charge is 2.00 e. The Morgan fingerprint density at radius 1 is 0.410 bits per heavy atom. The molecule has 0 N–H and O–H groups in total. The first-order valence-corrected chi connectivity index (χ1v) is 17.0. The fourth-order valence-electron chi connectivity index (χ4n) is 4.21. The number of unbranched alkanes of at least 4 members (excludes halogenated alkanes) is 16. The Morgan fingerprint density at radius 2 is 0.590 bits per heavy atom. The van der Waals surface area contributed by atoms with E-state index < -0.39 is 0 Å². The second-order valence-electron chi connectivity index (χ2n) is 10.2. The molecule has 0 aromatic carbocycles. The quantitative estimate of drug-likeness (QED) is 0.0418. The van der Waals surface area contributed by atoms with Gasteiger partial charge in [-0.2, -0.15) is 0 Å². The van der Waals surface area contributed by atoms with Crippen LogP contribution >= 0.6 is 24.4 Å². The number of hydrogen-bond donors (Lipinski definition) is 0. The van der Waals surface area contributed by atoms with Gasteiger partial charge in [0.05, 0.1) is 0 Å². The molecule has 0 amide bonds. The molecule has 0 aliphatic rings. The van der Waals surface area contributed by atoms with E-state index in [-0.39, 0.29) is 48.1 Å². The van der Waals surface area contributed by atoms with E-state index in [0.29, 0.717) is 8.64 Å². The molecule has 232 valence electrons. The number of thiocarbonyl (C=S) groups is 2. The van der Waals surface area contributed by atoms with Crippen LogP contribution in [0.4, 0.5) is 0 Å². The van der Waals surface area contributed by atoms with Crippen LogP contribution in [0.2, 0.25) is 0 Å². The van der Waals surface area contributed by atoms with Crippen LogP contribution in [0.5, 0.6) is 0 Å². The van der Waals surface area contributed by atoms with Crippen LogP contribution in [-0.2, 0) is 73.3 Å². The molecule has 0 spiro atoms. The van der Waals surface area contributed by atoms with Gasteiger partial charge in [0.25, 0.3) is 0 Å². The van der Waals surface area contributed by atoms with Crippen molar-refractivity contribution in [3.05, 3.63) is 0 Å². The van der Waals surface area contributed by atoms with Crippen LogP contribution in [0.25, 0.3) is 0 Å². The van der Waals surface area contributed by atoms with Gasteiger partial charge < -0.3 is 86.5 Å². The fourth-order valence-corrected chi connectivity index (χ4v) is 4.94. The second-order valence-corrected chi connectivity index (χ2v) is 12.2. The minimum atomic E-state index is 0. The van der Waals surface area contributed by atoms with E-state index in [2.05, 4.69) is 37.5 Å². The Hall–Kier alpha value is 1.61. The van der Waals surface area contributed by atoms with E-state index in [1.165, 1.54) is 128 Å². The zero-order valence-corrected chi connectivity index (χ0v) is 32.6. The molecule has 0 heterocycles. The molecule has 0 radical (unpaired) electrons. The van der Waals surface area contributed by atoms with Gasteiger partial charge in [-0.05, 0) is 25.7 Å². The van der Waals surface area contributed by atoms with Crippen molar-refractivity contribution >= 4 is 85.3 Å². The maximum absolute atomic E-state index is 5.16. The fraction of sp³-hybridized carbons (Fsp3) is 0.933. The maximum atomic E-state index is 5.16. The molecule has 0 aliphatic carbocycles. The Labute approximate surface area is 296 Å². The minimum absolute atomic E-state index is 0. The first kappa shape index (κ1) is 50.2. The monoisotopic (exact) mass is 738 g/mol. The van der Waals surface area contributed by atoms with Crippen LogP contribution in [0.3, 0.4) is 0 Å². The number of rotatable bonds is 24. The van der Waals surface area contributed by atoms with Crippen LogP contribution in [0.15, 0.2) is 0 Å². The second kappa shape index (κ2) is 41.7. The van der Waals surface area contributed by atoms with Crippen molar-refractivity contribution in [3.63, 3.8) is 0 Å². The molecular weight excluding hydrogens is 677 g/mol. The van der Waals surface area contributed by atoms with E-state index in [4.69, 9.17) is 49.7 Å². The van der Waals surface area contributed by atoms with Crippen molar-refractivity contribution in [2.45, 2.75) is 156 Å². The van der Waals surface area contributed by atoms with E-state index in [1.54, 1.807) is 0 Å². The Morgan fingerprint density at radius 3 is 0.744 bits per heavy atom. The van der Waals surface area contributed by atoms with Crippen LogP contribution in [0, 0.1) is 0 Å². The molecule has 0 rings (SSSR count). The molecule has 2 nitrogen and oxygen atoms in total. The summed E-state index contributed by atoms with van der Waals surface area (Å²) in [5.74, 6) is 0. The average Bonchev–Trinajstić information content (AvgIpc) is 2.85. The largest absolute Gasteiger partial charge is 6.00 e. The molecule has 0 saturated heterocycles. The van der Waals surface area contributed by atoms with Crippen molar-refractivity contribution in [1.29, 1.82) is 0 Å². The first-order chi connectivity index (χ1) is 17.4. The minimum Gasteiger partial charge on any atom is -2.00 e. The van der Waals surface area contributed by atoms with Crippen molar-refractivity contribution in [1.82, 2.24) is 9.80 Å². The molecule has 9 heteroatoms. The van der Waals surface area contributed by atoms with Crippen LogP contribution in [0.1, 0.15) is 156 Å². The van der Waals surface area contributed by atoms with E-state index in [1.807, 2.05) is 0 Å². The first-order valence-electron chi connectivity index (χ1n) is 15.4. The zero-order valence-electron chi connectivity index (χ0n) is 25.7. The van der Waals surface area contributed by atoms with Gasteiger partial charge in [0, 0.05) is 26.2 Å². The van der Waals surface area contributed by atoms with Crippen molar-refractivity contribution in [3.8, 4) is 0 Å². The van der Waals surface area contributed by atoms with Gasteiger partial charge in [-0.15, -0.1) is 0 Å². The van der Waals surface area contributed by atoms with Gasteiger partial charge in [0.1, 0.15) is 0 Å². The van der Waals surface area contributed by atoms with Gasteiger partial charge in [0.15, 0.2) is 0 Å². The molecule has 0 fully saturated rings. The maximum Gasteiger partial charge on any atom is 6.00 e. The SMILES string of the molecule is CCCCCCCN(CCCCCCC)C(=S)[S-].CCCCCCCN(CCCCCCC)C(=S)[S-].[Mo+6].[S-2].[S-2]. The van der Waals surface area contributed by atoms with E-state index >= 15 is 0 Å². The summed E-state index contributed by atoms with van der Waals surface area (Å²) in [5, 5.41) is 0. The number of nitrogens with zero attached hydrogens (tertiary/aromatic N) is 2. The molecule has 0 saturated carbocycles. The van der Waals surface area contributed by atoms with Gasteiger partial charge in [-0.3, -0.25) is 0 Å². The van der Waals surface area contributed by atoms with Crippen molar-refractivity contribution in [2.75, 3.05) is 26.2 Å². The number of hydrogen-bond acceptors (Lipinski definition) is 4. The molecule has 0 aliphatic heterocycles. The van der Waals surface area contributed by atoms with Crippen LogP contribution in [-0.4, -0.2) is 44.6 Å². The van der Waals surface area contributed by atoms with Gasteiger partial charge in [0.2, 0.25) is 0 Å². The Bertz CT molecular complexity index is 416. The van der Waals surface area contributed by atoms with E-state index in [9.17, 15) is 0 Å². The van der Waals surface area contributed by atoms with E-state index in [0.717, 1.165) is 26.2 Å². The third-order valence-electron chi connectivity index (χ3n) is 6.64. The molecule has 0 atom stereocenters. The summed E-state index contributed by atoms with van der Waals surface area (Å²) in [6.07, 6.45) is 26.3. The van der Waals surface area contributed by atoms with Crippen molar-refractivity contribution in [2.24, 2.45) is 0 Å². The Balaban J connectivity index is -0.000000183. The molecule has 0 aromatic rings. The molecule has 0 bridgehead atoms. The molecule has 39 heavy (non-hydrogen) atoms. The summed E-state index contributed by atoms with van der Waals surface area (Å²) < 4.78 is 1.34. The summed E-state index contributed by atoms with van der Waals surface area (Å²) in [6.45, 7) is 13.3. The Kier molecular flexibility index (Phi) is 53.8. The van der Waals surface area contributed by atoms with Crippen molar-refractivity contribution < 1.29 is 21.1 Å². The molecular formula is C30H60MoN2S6. The summed E-state index contributed by atoms with van der Waals surface area (Å²) in [6, 6.07) is 0. The summed E-state index contributed by atoms with van der Waals surface area (Å²) in [5.41, 5.74) is 0. The topological polar surface area (TPSA) is 6.48 Å². The summed E-state index contributed by atoms with van der Waals surface area (Å²) in [4.78, 5) is 4.45.